The molecule has 0 saturated heterocycles. The molecule has 0 unspecified atom stereocenters. The van der Waals surface area contributed by atoms with Crippen molar-refractivity contribution in [1.29, 1.82) is 0 Å². The van der Waals surface area contributed by atoms with E-state index in [2.05, 4.69) is 22.9 Å². The Kier molecular flexibility index (Phi) is 25.0. The topological polar surface area (TPSA) is 124 Å². The van der Waals surface area contributed by atoms with Gasteiger partial charge >= 0.3 is 23.9 Å². The van der Waals surface area contributed by atoms with Crippen molar-refractivity contribution in [2.75, 3.05) is 18.5 Å². The van der Waals surface area contributed by atoms with Gasteiger partial charge < -0.3 is 28.4 Å². The molecule has 0 fully saturated rings. The molecule has 11 heteroatoms. The first-order chi connectivity index (χ1) is 33.8. The van der Waals surface area contributed by atoms with Crippen molar-refractivity contribution < 1.29 is 47.6 Å². The number of alkyl halides is 1. The van der Waals surface area contributed by atoms with Gasteiger partial charge in [0.25, 0.3) is 0 Å². The fraction of sp³-hybridized carbons (Fsp3) is 0.414. The standard InChI is InChI=1S/C58H69BrO10/c1-2-3-4-5-6-7-11-14-17-20-42-64-49-33-25-45(26-34-49)55(60)66-51-37-29-47(30-38-51)57(62)68-53-23-22-24-54(44-53)69-58(63)48-31-39-52(40-32-48)67-56(61)46-27-35-50(36-28-46)65-43-21-18-15-12-9-8-10-13-16-19-41-59/h22-40,44H,2-21,41-43H2,1H3. The minimum Gasteiger partial charge on any atom is -0.494 e. The molecule has 0 bridgehead atoms. The summed E-state index contributed by atoms with van der Waals surface area (Å²) >= 11 is 3.49. The molecular weight excluding hydrogens is 937 g/mol. The molecule has 368 valence electrons. The van der Waals surface area contributed by atoms with Gasteiger partial charge in [-0.1, -0.05) is 138 Å². The zero-order valence-corrected chi connectivity index (χ0v) is 41.9. The number of esters is 4. The predicted molar refractivity (Wildman–Crippen MR) is 275 cm³/mol. The predicted octanol–water partition coefficient (Wildman–Crippen LogP) is 15.5. The highest BCUT2D eigenvalue weighted by molar-refractivity contribution is 9.09. The second-order valence-electron chi connectivity index (χ2n) is 17.2. The highest BCUT2D eigenvalue weighted by Crippen LogP contribution is 2.24. The van der Waals surface area contributed by atoms with E-state index in [0.717, 1.165) is 31.0 Å². The highest BCUT2D eigenvalue weighted by atomic mass is 79.9. The van der Waals surface area contributed by atoms with Crippen LogP contribution in [0.4, 0.5) is 0 Å². The van der Waals surface area contributed by atoms with Crippen LogP contribution in [0.5, 0.6) is 34.5 Å². The normalized spacial score (nSPS) is 10.9. The minimum absolute atomic E-state index is 0.155. The summed E-state index contributed by atoms with van der Waals surface area (Å²) in [5, 5.41) is 1.10. The number of carbonyl (C=O) groups is 4. The van der Waals surface area contributed by atoms with Crippen LogP contribution in [-0.4, -0.2) is 42.4 Å². The number of benzene rings is 5. The van der Waals surface area contributed by atoms with Crippen molar-refractivity contribution in [2.24, 2.45) is 0 Å². The van der Waals surface area contributed by atoms with Crippen LogP contribution < -0.4 is 28.4 Å². The van der Waals surface area contributed by atoms with Crippen molar-refractivity contribution in [3.63, 3.8) is 0 Å². The molecule has 0 aliphatic heterocycles. The van der Waals surface area contributed by atoms with Crippen LogP contribution in [0.3, 0.4) is 0 Å². The second-order valence-corrected chi connectivity index (χ2v) is 18.0. The Morgan fingerprint density at radius 1 is 0.333 bits per heavy atom. The molecular formula is C58H69BrO10. The Morgan fingerprint density at radius 2 is 0.609 bits per heavy atom. The Balaban J connectivity index is 0.966. The third kappa shape index (κ3) is 21.1. The largest absolute Gasteiger partial charge is 0.494 e. The van der Waals surface area contributed by atoms with Gasteiger partial charge in [0.05, 0.1) is 35.5 Å². The Hall–Kier alpha value is -5.94. The third-order valence-electron chi connectivity index (χ3n) is 11.6. The van der Waals surface area contributed by atoms with Gasteiger partial charge in [-0.05, 0) is 128 Å². The zero-order chi connectivity index (χ0) is 48.7. The SMILES string of the molecule is CCCCCCCCCCCCOc1ccc(C(=O)Oc2ccc(C(=O)Oc3cccc(OC(=O)c4ccc(OC(=O)c5ccc(OCCCCCCCCCCCCBr)cc5)cc4)c3)cc2)cc1. The summed E-state index contributed by atoms with van der Waals surface area (Å²) in [6, 6.07) is 31.8. The molecule has 0 atom stereocenters. The molecule has 0 saturated carbocycles. The smallest absolute Gasteiger partial charge is 0.343 e. The lowest BCUT2D eigenvalue weighted by Gasteiger charge is -2.09. The first kappa shape index (κ1) is 54.0. The van der Waals surface area contributed by atoms with E-state index in [1.165, 1.54) is 157 Å². The fourth-order valence-electron chi connectivity index (χ4n) is 7.54. The minimum atomic E-state index is -0.659. The Morgan fingerprint density at radius 3 is 0.928 bits per heavy atom. The van der Waals surface area contributed by atoms with Crippen LogP contribution in [-0.2, 0) is 0 Å². The summed E-state index contributed by atoms with van der Waals surface area (Å²) in [4.78, 5) is 51.6. The summed E-state index contributed by atoms with van der Waals surface area (Å²) in [5.74, 6) is -0.161. The lowest BCUT2D eigenvalue weighted by atomic mass is 10.1. The number of halogens is 1. The lowest BCUT2D eigenvalue weighted by molar-refractivity contribution is 0.0723. The molecule has 0 aliphatic carbocycles. The lowest BCUT2D eigenvalue weighted by Crippen LogP contribution is -2.11. The quantitative estimate of drug-likeness (QED) is 0.0174. The second kappa shape index (κ2) is 32.0. The molecule has 0 heterocycles. The van der Waals surface area contributed by atoms with Gasteiger partial charge in [0.15, 0.2) is 0 Å². The third-order valence-corrected chi connectivity index (χ3v) is 12.1. The maximum absolute atomic E-state index is 13.0. The molecule has 0 N–H and O–H groups in total. The average molecular weight is 1010 g/mol. The van der Waals surface area contributed by atoms with E-state index < -0.39 is 23.9 Å². The van der Waals surface area contributed by atoms with Crippen molar-refractivity contribution in [3.05, 3.63) is 144 Å². The number of carbonyl (C=O) groups excluding carboxylic acids is 4. The molecule has 69 heavy (non-hydrogen) atoms. The van der Waals surface area contributed by atoms with Gasteiger partial charge in [-0.15, -0.1) is 0 Å². The van der Waals surface area contributed by atoms with Crippen LogP contribution in [0.15, 0.2) is 121 Å². The van der Waals surface area contributed by atoms with E-state index in [4.69, 9.17) is 28.4 Å². The maximum Gasteiger partial charge on any atom is 0.343 e. The first-order valence-corrected chi connectivity index (χ1v) is 26.1. The number of hydrogen-bond acceptors (Lipinski definition) is 10. The Labute approximate surface area is 417 Å². The number of hydrogen-bond donors (Lipinski definition) is 0. The van der Waals surface area contributed by atoms with E-state index in [1.54, 1.807) is 66.7 Å². The molecule has 0 aliphatic rings. The Bertz CT molecular complexity index is 2260. The number of rotatable bonds is 33. The van der Waals surface area contributed by atoms with E-state index in [-0.39, 0.29) is 34.1 Å². The van der Waals surface area contributed by atoms with E-state index in [9.17, 15) is 19.2 Å². The van der Waals surface area contributed by atoms with Crippen LogP contribution in [0.25, 0.3) is 0 Å². The molecule has 0 aromatic heterocycles. The van der Waals surface area contributed by atoms with E-state index in [1.807, 2.05) is 0 Å². The van der Waals surface area contributed by atoms with Crippen molar-refractivity contribution in [3.8, 4) is 34.5 Å². The maximum atomic E-state index is 13.0. The number of unbranched alkanes of at least 4 members (excludes halogenated alkanes) is 18. The highest BCUT2D eigenvalue weighted by Gasteiger charge is 2.15. The molecule has 0 spiro atoms. The van der Waals surface area contributed by atoms with Gasteiger partial charge in [-0.25, -0.2) is 19.2 Å². The molecule has 0 amide bonds. The first-order valence-electron chi connectivity index (χ1n) is 25.0. The summed E-state index contributed by atoms with van der Waals surface area (Å²) in [6.07, 6.45) is 25.1. The van der Waals surface area contributed by atoms with E-state index in [0.29, 0.717) is 35.8 Å². The van der Waals surface area contributed by atoms with Crippen LogP contribution in [0, 0.1) is 0 Å². The molecule has 5 aromatic carbocycles. The van der Waals surface area contributed by atoms with Crippen molar-refractivity contribution >= 4 is 39.8 Å². The zero-order valence-electron chi connectivity index (χ0n) is 40.3. The fourth-order valence-corrected chi connectivity index (χ4v) is 7.93. The summed E-state index contributed by atoms with van der Waals surface area (Å²) in [7, 11) is 0. The molecule has 5 aromatic rings. The molecule has 0 radical (unpaired) electrons. The van der Waals surface area contributed by atoms with Gasteiger partial charge in [-0.2, -0.15) is 0 Å². The molecule has 5 rings (SSSR count). The van der Waals surface area contributed by atoms with Gasteiger partial charge in [0.2, 0.25) is 0 Å². The van der Waals surface area contributed by atoms with Gasteiger partial charge in [0.1, 0.15) is 34.5 Å². The van der Waals surface area contributed by atoms with Crippen LogP contribution in [0.2, 0.25) is 0 Å². The van der Waals surface area contributed by atoms with Gasteiger partial charge in [0, 0.05) is 11.4 Å². The van der Waals surface area contributed by atoms with E-state index >= 15 is 0 Å². The summed E-state index contributed by atoms with van der Waals surface area (Å²) in [6.45, 7) is 3.52. The summed E-state index contributed by atoms with van der Waals surface area (Å²) < 4.78 is 33.9. The summed E-state index contributed by atoms with van der Waals surface area (Å²) in [5.41, 5.74) is 1.18. The van der Waals surface area contributed by atoms with Crippen molar-refractivity contribution in [1.82, 2.24) is 0 Å². The average Bonchev–Trinajstić information content (AvgIpc) is 3.36. The monoisotopic (exact) mass is 1000 g/mol. The van der Waals surface area contributed by atoms with Gasteiger partial charge in [-0.3, -0.25) is 0 Å². The van der Waals surface area contributed by atoms with Crippen LogP contribution >= 0.6 is 15.9 Å². The molecule has 10 nitrogen and oxygen atoms in total. The van der Waals surface area contributed by atoms with Crippen molar-refractivity contribution in [2.45, 2.75) is 135 Å². The van der Waals surface area contributed by atoms with Crippen LogP contribution in [0.1, 0.15) is 177 Å². The number of ether oxygens (including phenoxy) is 6.